The van der Waals surface area contributed by atoms with Gasteiger partial charge in [0.05, 0.1) is 0 Å². The summed E-state index contributed by atoms with van der Waals surface area (Å²) in [5.74, 6) is -0.406. The molecule has 0 aliphatic rings. The van der Waals surface area contributed by atoms with Gasteiger partial charge in [-0.15, -0.1) is 0 Å². The Bertz CT molecular complexity index is 401. The Morgan fingerprint density at radius 2 is 1.88 bits per heavy atom. The van der Waals surface area contributed by atoms with Crippen LogP contribution >= 0.6 is 0 Å². The number of nitrogens with one attached hydrogen (secondary N) is 1. The van der Waals surface area contributed by atoms with Crippen molar-refractivity contribution in [3.8, 4) is 0 Å². The molecule has 0 aromatic heterocycles. The molecular formula is C14H18FNO. The first-order chi connectivity index (χ1) is 7.87. The van der Waals surface area contributed by atoms with Crippen LogP contribution in [0, 0.1) is 11.2 Å². The summed E-state index contributed by atoms with van der Waals surface area (Å²) in [6, 6.07) is 6.07. The third-order valence-electron chi connectivity index (χ3n) is 2.11. The molecule has 92 valence electrons. The van der Waals surface area contributed by atoms with E-state index >= 15 is 0 Å². The maximum Gasteiger partial charge on any atom is 0.243 e. The zero-order chi connectivity index (χ0) is 12.9. The largest absolute Gasteiger partial charge is 0.348 e. The lowest BCUT2D eigenvalue weighted by atomic mass is 9.96. The predicted octanol–water partition coefficient (Wildman–Crippen LogP) is 3.04. The van der Waals surface area contributed by atoms with Crippen LogP contribution in [-0.4, -0.2) is 5.91 Å². The maximum absolute atomic E-state index is 12.6. The Morgan fingerprint density at radius 1 is 1.29 bits per heavy atom. The molecule has 1 aromatic carbocycles. The average molecular weight is 235 g/mol. The fourth-order valence-corrected chi connectivity index (χ4v) is 1.18. The van der Waals surface area contributed by atoms with E-state index in [2.05, 4.69) is 5.32 Å². The van der Waals surface area contributed by atoms with Gasteiger partial charge >= 0.3 is 0 Å². The minimum Gasteiger partial charge on any atom is -0.348 e. The van der Waals surface area contributed by atoms with Crippen molar-refractivity contribution >= 4 is 5.91 Å². The van der Waals surface area contributed by atoms with E-state index in [4.69, 9.17) is 0 Å². The number of carbonyl (C=O) groups excluding carboxylic acids is 1. The summed E-state index contributed by atoms with van der Waals surface area (Å²) >= 11 is 0. The molecule has 0 heterocycles. The van der Waals surface area contributed by atoms with Crippen molar-refractivity contribution in [1.82, 2.24) is 5.32 Å². The van der Waals surface area contributed by atoms with Crippen molar-refractivity contribution in [2.24, 2.45) is 5.41 Å². The van der Waals surface area contributed by atoms with Crippen LogP contribution < -0.4 is 5.32 Å². The van der Waals surface area contributed by atoms with Crippen molar-refractivity contribution in [3.63, 3.8) is 0 Å². The zero-order valence-corrected chi connectivity index (χ0v) is 10.5. The third-order valence-corrected chi connectivity index (χ3v) is 2.11. The van der Waals surface area contributed by atoms with Gasteiger partial charge < -0.3 is 5.32 Å². The van der Waals surface area contributed by atoms with E-state index in [9.17, 15) is 9.18 Å². The average Bonchev–Trinajstić information content (AvgIpc) is 2.25. The predicted molar refractivity (Wildman–Crippen MR) is 66.8 cm³/mol. The number of rotatable bonds is 3. The van der Waals surface area contributed by atoms with Gasteiger partial charge in [0.25, 0.3) is 0 Å². The van der Waals surface area contributed by atoms with E-state index in [0.29, 0.717) is 6.54 Å². The van der Waals surface area contributed by atoms with E-state index in [1.807, 2.05) is 26.8 Å². The minimum atomic E-state index is -0.271. The molecular weight excluding hydrogens is 217 g/mol. The second kappa shape index (κ2) is 5.62. The highest BCUT2D eigenvalue weighted by molar-refractivity contribution is 5.87. The molecule has 0 unspecified atom stereocenters. The fourth-order valence-electron chi connectivity index (χ4n) is 1.18. The van der Waals surface area contributed by atoms with Gasteiger partial charge in [-0.3, -0.25) is 4.79 Å². The molecule has 0 radical (unpaired) electrons. The van der Waals surface area contributed by atoms with Crippen molar-refractivity contribution in [2.45, 2.75) is 27.3 Å². The first-order valence-electron chi connectivity index (χ1n) is 5.58. The fraction of sp³-hybridized carbons (Fsp3) is 0.357. The normalized spacial score (nSPS) is 11.8. The number of hydrogen-bond acceptors (Lipinski definition) is 1. The SMILES string of the molecule is CC(C)(C)/C=C/C(=O)NCc1ccc(F)cc1. The summed E-state index contributed by atoms with van der Waals surface area (Å²) in [6.07, 6.45) is 3.39. The van der Waals surface area contributed by atoms with E-state index in [-0.39, 0.29) is 17.1 Å². The van der Waals surface area contributed by atoms with Gasteiger partial charge in [-0.1, -0.05) is 39.0 Å². The molecule has 1 amide bonds. The summed E-state index contributed by atoms with van der Waals surface area (Å²) in [4.78, 5) is 11.5. The molecule has 0 bridgehead atoms. The van der Waals surface area contributed by atoms with Crippen molar-refractivity contribution in [1.29, 1.82) is 0 Å². The second-order valence-corrected chi connectivity index (χ2v) is 5.04. The van der Waals surface area contributed by atoms with Crippen LogP contribution in [-0.2, 0) is 11.3 Å². The quantitative estimate of drug-likeness (QED) is 0.802. The Kier molecular flexibility index (Phi) is 4.44. The van der Waals surface area contributed by atoms with Crippen LogP contribution in [0.5, 0.6) is 0 Å². The molecule has 0 atom stereocenters. The topological polar surface area (TPSA) is 29.1 Å². The highest BCUT2D eigenvalue weighted by atomic mass is 19.1. The van der Waals surface area contributed by atoms with Crippen molar-refractivity contribution in [3.05, 3.63) is 47.8 Å². The first kappa shape index (κ1) is 13.4. The number of allylic oxidation sites excluding steroid dienone is 1. The summed E-state index contributed by atoms with van der Waals surface area (Å²) in [5, 5.41) is 2.74. The number of halogens is 1. The lowest BCUT2D eigenvalue weighted by molar-refractivity contribution is -0.116. The minimum absolute atomic E-state index is 0.00673. The number of hydrogen-bond donors (Lipinski definition) is 1. The summed E-state index contributed by atoms with van der Waals surface area (Å²) in [7, 11) is 0. The van der Waals surface area contributed by atoms with Gasteiger partial charge in [-0.2, -0.15) is 0 Å². The maximum atomic E-state index is 12.6. The van der Waals surface area contributed by atoms with Gasteiger partial charge in [0, 0.05) is 6.54 Å². The van der Waals surface area contributed by atoms with Gasteiger partial charge in [0.15, 0.2) is 0 Å². The third kappa shape index (κ3) is 5.85. The lowest BCUT2D eigenvalue weighted by Gasteiger charge is -2.10. The van der Waals surface area contributed by atoms with E-state index in [1.54, 1.807) is 12.1 Å². The van der Waals surface area contributed by atoms with E-state index in [1.165, 1.54) is 18.2 Å². The second-order valence-electron chi connectivity index (χ2n) is 5.04. The highest BCUT2D eigenvalue weighted by Crippen LogP contribution is 2.13. The molecule has 2 nitrogen and oxygen atoms in total. The Hall–Kier alpha value is -1.64. The highest BCUT2D eigenvalue weighted by Gasteiger charge is 2.05. The first-order valence-corrected chi connectivity index (χ1v) is 5.58. The van der Waals surface area contributed by atoms with Gasteiger partial charge in [-0.25, -0.2) is 4.39 Å². The number of benzene rings is 1. The van der Waals surface area contributed by atoms with Gasteiger partial charge in [0.2, 0.25) is 5.91 Å². The standard InChI is InChI=1S/C14H18FNO/c1-14(2,3)9-8-13(17)16-10-11-4-6-12(15)7-5-11/h4-9H,10H2,1-3H3,(H,16,17)/b9-8+. The molecule has 0 fully saturated rings. The van der Waals surface area contributed by atoms with Crippen LogP contribution in [0.4, 0.5) is 4.39 Å². The van der Waals surface area contributed by atoms with Crippen molar-refractivity contribution < 1.29 is 9.18 Å². The smallest absolute Gasteiger partial charge is 0.243 e. The molecule has 3 heteroatoms. The van der Waals surface area contributed by atoms with Crippen LogP contribution in [0.25, 0.3) is 0 Å². The Labute approximate surface area is 102 Å². The van der Waals surface area contributed by atoms with Crippen molar-refractivity contribution in [2.75, 3.05) is 0 Å². The molecule has 0 aliphatic heterocycles. The summed E-state index contributed by atoms with van der Waals surface area (Å²) < 4.78 is 12.6. The molecule has 0 saturated heterocycles. The molecule has 1 N–H and O–H groups in total. The molecule has 0 aliphatic carbocycles. The molecule has 17 heavy (non-hydrogen) atoms. The van der Waals surface area contributed by atoms with Gasteiger partial charge in [-0.05, 0) is 29.2 Å². The van der Waals surface area contributed by atoms with Crippen LogP contribution in [0.3, 0.4) is 0 Å². The molecule has 0 saturated carbocycles. The Morgan fingerprint density at radius 3 is 2.41 bits per heavy atom. The number of carbonyl (C=O) groups is 1. The van der Waals surface area contributed by atoms with Crippen LogP contribution in [0.15, 0.2) is 36.4 Å². The van der Waals surface area contributed by atoms with E-state index < -0.39 is 0 Å². The number of amides is 1. The monoisotopic (exact) mass is 235 g/mol. The molecule has 1 rings (SSSR count). The zero-order valence-electron chi connectivity index (χ0n) is 10.5. The van der Waals surface area contributed by atoms with Crippen LogP contribution in [0.2, 0.25) is 0 Å². The molecule has 0 spiro atoms. The van der Waals surface area contributed by atoms with Crippen LogP contribution in [0.1, 0.15) is 26.3 Å². The summed E-state index contributed by atoms with van der Waals surface area (Å²) in [5.41, 5.74) is 0.872. The van der Waals surface area contributed by atoms with Gasteiger partial charge in [0.1, 0.15) is 5.82 Å². The van der Waals surface area contributed by atoms with E-state index in [0.717, 1.165) is 5.56 Å². The Balaban J connectivity index is 2.43. The lowest BCUT2D eigenvalue weighted by Crippen LogP contribution is -2.20. The molecule has 1 aromatic rings. The summed E-state index contributed by atoms with van der Waals surface area (Å²) in [6.45, 7) is 6.48.